The van der Waals surface area contributed by atoms with E-state index in [-0.39, 0.29) is 11.7 Å². The van der Waals surface area contributed by atoms with E-state index >= 15 is 0 Å². The second-order valence-electron chi connectivity index (χ2n) is 5.16. The molecule has 1 N–H and O–H groups in total. The Hall–Kier alpha value is -2.22. The molecule has 0 spiro atoms. The Bertz CT molecular complexity index is 593. The van der Waals surface area contributed by atoms with Crippen molar-refractivity contribution in [3.05, 3.63) is 33.6 Å². The summed E-state index contributed by atoms with van der Waals surface area (Å²) >= 11 is 0. The van der Waals surface area contributed by atoms with Crippen LogP contribution in [0.5, 0.6) is 0 Å². The summed E-state index contributed by atoms with van der Waals surface area (Å²) in [7, 11) is 1.96. The number of anilines is 1. The molecule has 0 bridgehead atoms. The van der Waals surface area contributed by atoms with Crippen LogP contribution in [-0.2, 0) is 0 Å². The average Bonchev–Trinajstić information content (AvgIpc) is 2.41. The second-order valence-corrected chi connectivity index (χ2v) is 5.16. The molecule has 1 aromatic carbocycles. The van der Waals surface area contributed by atoms with Gasteiger partial charge < -0.3 is 14.9 Å². The van der Waals surface area contributed by atoms with Crippen molar-refractivity contribution in [1.82, 2.24) is 4.90 Å². The van der Waals surface area contributed by atoms with E-state index in [4.69, 9.17) is 5.11 Å². The molecule has 0 amide bonds. The summed E-state index contributed by atoms with van der Waals surface area (Å²) < 4.78 is 14.1. The fourth-order valence-electron chi connectivity index (χ4n) is 2.38. The van der Waals surface area contributed by atoms with Crippen LogP contribution in [0.1, 0.15) is 17.3 Å². The zero-order chi connectivity index (χ0) is 15.7. The van der Waals surface area contributed by atoms with Gasteiger partial charge in [0.05, 0.1) is 16.7 Å². The number of piperazine rings is 1. The zero-order valence-electron chi connectivity index (χ0n) is 11.7. The first kappa shape index (κ1) is 15.2. The number of benzene rings is 1. The lowest BCUT2D eigenvalue weighted by molar-refractivity contribution is -0.385. The molecule has 7 nitrogen and oxygen atoms in total. The number of hydrogen-bond donors (Lipinski definition) is 1. The SMILES string of the molecule is CC1CN(c2cc(C(=O)O)c([N+](=O)[O-])cc2F)CCN1C. The minimum absolute atomic E-state index is 0.0953. The molecule has 0 saturated carbocycles. The highest BCUT2D eigenvalue weighted by Crippen LogP contribution is 2.29. The highest BCUT2D eigenvalue weighted by molar-refractivity contribution is 5.93. The monoisotopic (exact) mass is 297 g/mol. The largest absolute Gasteiger partial charge is 0.477 e. The van der Waals surface area contributed by atoms with Gasteiger partial charge >= 0.3 is 5.97 Å². The predicted molar refractivity (Wildman–Crippen MR) is 74.3 cm³/mol. The summed E-state index contributed by atoms with van der Waals surface area (Å²) in [5.41, 5.74) is -1.13. The van der Waals surface area contributed by atoms with Gasteiger partial charge in [0.15, 0.2) is 5.82 Å². The first-order valence-corrected chi connectivity index (χ1v) is 6.47. The van der Waals surface area contributed by atoms with Crippen LogP contribution < -0.4 is 4.90 Å². The van der Waals surface area contributed by atoms with Gasteiger partial charge in [-0.25, -0.2) is 9.18 Å². The van der Waals surface area contributed by atoms with E-state index in [0.29, 0.717) is 25.7 Å². The number of hydrogen-bond acceptors (Lipinski definition) is 5. The predicted octanol–water partition coefficient (Wildman–Crippen LogP) is 1.57. The maximum Gasteiger partial charge on any atom is 0.342 e. The summed E-state index contributed by atoms with van der Waals surface area (Å²) in [5.74, 6) is -2.21. The number of carbonyl (C=O) groups is 1. The summed E-state index contributed by atoms with van der Waals surface area (Å²) in [6.45, 7) is 3.76. The molecule has 1 aromatic rings. The Balaban J connectivity index is 2.43. The molecule has 114 valence electrons. The van der Waals surface area contributed by atoms with Gasteiger partial charge in [-0.2, -0.15) is 0 Å². The van der Waals surface area contributed by atoms with E-state index < -0.39 is 28.0 Å². The third-order valence-corrected chi connectivity index (χ3v) is 3.79. The van der Waals surface area contributed by atoms with Gasteiger partial charge in [-0.05, 0) is 20.0 Å². The molecule has 1 fully saturated rings. The van der Waals surface area contributed by atoms with Gasteiger partial charge in [-0.1, -0.05) is 0 Å². The molecule has 1 unspecified atom stereocenters. The highest BCUT2D eigenvalue weighted by Gasteiger charge is 2.28. The Labute approximate surface area is 120 Å². The Morgan fingerprint density at radius 2 is 2.14 bits per heavy atom. The van der Waals surface area contributed by atoms with Crippen LogP contribution in [0.2, 0.25) is 0 Å². The van der Waals surface area contributed by atoms with Crippen LogP contribution in [0.15, 0.2) is 12.1 Å². The fraction of sp³-hybridized carbons (Fsp3) is 0.462. The molecule has 1 heterocycles. The first-order chi connectivity index (χ1) is 9.81. The van der Waals surface area contributed by atoms with E-state index in [9.17, 15) is 19.3 Å². The van der Waals surface area contributed by atoms with E-state index in [1.165, 1.54) is 0 Å². The number of nitro groups is 1. The standard InChI is InChI=1S/C13H16FN3O4/c1-8-7-16(4-3-15(8)2)12-5-9(13(18)19)11(17(20)21)6-10(12)14/h5-6,8H,3-4,7H2,1-2H3,(H,18,19). The fourth-order valence-corrected chi connectivity index (χ4v) is 2.38. The summed E-state index contributed by atoms with van der Waals surface area (Å²) in [5, 5.41) is 19.9. The number of nitrogens with zero attached hydrogens (tertiary/aromatic N) is 3. The lowest BCUT2D eigenvalue weighted by Crippen LogP contribution is -2.50. The third kappa shape index (κ3) is 2.94. The molecule has 8 heteroatoms. The number of rotatable bonds is 3. The second kappa shape index (κ2) is 5.65. The van der Waals surface area contributed by atoms with Crippen LogP contribution in [-0.4, -0.2) is 53.6 Å². The van der Waals surface area contributed by atoms with Crippen molar-refractivity contribution in [3.8, 4) is 0 Å². The van der Waals surface area contributed by atoms with Gasteiger partial charge in [-0.15, -0.1) is 0 Å². The van der Waals surface area contributed by atoms with Crippen molar-refractivity contribution in [2.45, 2.75) is 13.0 Å². The van der Waals surface area contributed by atoms with Crippen LogP contribution in [0.3, 0.4) is 0 Å². The van der Waals surface area contributed by atoms with Crippen LogP contribution in [0.4, 0.5) is 15.8 Å². The van der Waals surface area contributed by atoms with Crippen molar-refractivity contribution >= 4 is 17.3 Å². The van der Waals surface area contributed by atoms with Crippen LogP contribution in [0, 0.1) is 15.9 Å². The summed E-state index contributed by atoms with van der Waals surface area (Å²) in [4.78, 5) is 24.9. The lowest BCUT2D eigenvalue weighted by atomic mass is 10.1. The normalized spacial score (nSPS) is 19.6. The summed E-state index contributed by atoms with van der Waals surface area (Å²) in [6.07, 6.45) is 0. The Morgan fingerprint density at radius 3 is 2.67 bits per heavy atom. The van der Waals surface area contributed by atoms with Crippen LogP contribution in [0.25, 0.3) is 0 Å². The molecular formula is C13H16FN3O4. The van der Waals surface area contributed by atoms with Crippen molar-refractivity contribution in [2.75, 3.05) is 31.6 Å². The third-order valence-electron chi connectivity index (χ3n) is 3.79. The minimum Gasteiger partial charge on any atom is -0.477 e. The number of aromatic carboxylic acids is 1. The molecular weight excluding hydrogens is 281 g/mol. The molecule has 21 heavy (non-hydrogen) atoms. The van der Waals surface area contributed by atoms with E-state index in [1.807, 2.05) is 14.0 Å². The smallest absolute Gasteiger partial charge is 0.342 e. The number of nitro benzene ring substituents is 1. The van der Waals surface area contributed by atoms with Crippen molar-refractivity contribution in [3.63, 3.8) is 0 Å². The average molecular weight is 297 g/mol. The quantitative estimate of drug-likeness (QED) is 0.673. The molecule has 1 atom stereocenters. The number of carboxylic acid groups (broad SMARTS) is 1. The van der Waals surface area contributed by atoms with Gasteiger partial charge in [0.25, 0.3) is 5.69 Å². The molecule has 1 saturated heterocycles. The summed E-state index contributed by atoms with van der Waals surface area (Å²) in [6, 6.07) is 1.91. The molecule has 0 radical (unpaired) electrons. The van der Waals surface area contributed by atoms with Crippen molar-refractivity contribution < 1.29 is 19.2 Å². The molecule has 2 rings (SSSR count). The molecule has 0 aromatic heterocycles. The van der Waals surface area contributed by atoms with E-state index in [2.05, 4.69) is 4.90 Å². The topological polar surface area (TPSA) is 86.9 Å². The van der Waals surface area contributed by atoms with Gasteiger partial charge in [-0.3, -0.25) is 10.1 Å². The van der Waals surface area contributed by atoms with Crippen molar-refractivity contribution in [1.29, 1.82) is 0 Å². The number of likely N-dealkylation sites (N-methyl/N-ethyl adjacent to an activating group) is 1. The molecule has 1 aliphatic rings. The number of halogens is 1. The Morgan fingerprint density at radius 1 is 1.48 bits per heavy atom. The first-order valence-electron chi connectivity index (χ1n) is 6.47. The van der Waals surface area contributed by atoms with Crippen LogP contribution >= 0.6 is 0 Å². The van der Waals surface area contributed by atoms with E-state index in [0.717, 1.165) is 6.07 Å². The van der Waals surface area contributed by atoms with Gasteiger partial charge in [0.1, 0.15) is 5.56 Å². The lowest BCUT2D eigenvalue weighted by Gasteiger charge is -2.39. The molecule has 0 aliphatic carbocycles. The van der Waals surface area contributed by atoms with E-state index in [1.54, 1.807) is 4.90 Å². The maximum absolute atomic E-state index is 14.1. The zero-order valence-corrected chi connectivity index (χ0v) is 11.7. The maximum atomic E-state index is 14.1. The van der Waals surface area contributed by atoms with Crippen molar-refractivity contribution in [2.24, 2.45) is 0 Å². The highest BCUT2D eigenvalue weighted by atomic mass is 19.1. The molecule has 1 aliphatic heterocycles. The van der Waals surface area contributed by atoms with Gasteiger partial charge in [0, 0.05) is 25.7 Å². The Kier molecular flexibility index (Phi) is 4.08. The van der Waals surface area contributed by atoms with Gasteiger partial charge in [0.2, 0.25) is 0 Å². The minimum atomic E-state index is -1.44. The number of carboxylic acids is 1.